The minimum atomic E-state index is 0.122. The van der Waals surface area contributed by atoms with Gasteiger partial charge in [0.25, 0.3) is 0 Å². The van der Waals surface area contributed by atoms with Crippen LogP contribution in [0.5, 0.6) is 0 Å². The number of rotatable bonds is 2. The fourth-order valence-electron chi connectivity index (χ4n) is 2.61. The number of nitriles is 1. The van der Waals surface area contributed by atoms with Crippen molar-refractivity contribution in [1.29, 1.82) is 5.26 Å². The molecular weight excluding hydrogens is 246 g/mol. The molecule has 1 fully saturated rings. The van der Waals surface area contributed by atoms with E-state index < -0.39 is 0 Å². The van der Waals surface area contributed by atoms with Crippen molar-refractivity contribution in [3.05, 3.63) is 28.8 Å². The van der Waals surface area contributed by atoms with Crippen molar-refractivity contribution in [2.45, 2.75) is 38.3 Å². The average Bonchev–Trinajstić information content (AvgIpc) is 2.38. The Labute approximate surface area is 113 Å². The molecule has 0 radical (unpaired) electrons. The quantitative estimate of drug-likeness (QED) is 0.893. The summed E-state index contributed by atoms with van der Waals surface area (Å²) in [6, 6.07) is 8.04. The van der Waals surface area contributed by atoms with Crippen molar-refractivity contribution in [3.8, 4) is 6.07 Å². The van der Waals surface area contributed by atoms with E-state index >= 15 is 0 Å². The van der Waals surface area contributed by atoms with Crippen LogP contribution in [0.2, 0.25) is 5.02 Å². The number of nitrogens with zero attached hydrogens (tertiary/aromatic N) is 2. The molecule has 0 aromatic heterocycles. The first-order valence-corrected chi connectivity index (χ1v) is 6.73. The molecule has 96 valence electrons. The van der Waals surface area contributed by atoms with Crippen LogP contribution < -0.4 is 10.6 Å². The lowest BCUT2D eigenvalue weighted by Crippen LogP contribution is -2.49. The zero-order valence-corrected chi connectivity index (χ0v) is 11.3. The van der Waals surface area contributed by atoms with E-state index in [1.807, 2.05) is 19.1 Å². The smallest absolute Gasteiger partial charge is 0.0992 e. The SMILES string of the molecule is CC(N)C1CCCCN1c1ccc(C#N)cc1Cl. The molecular formula is C14H18ClN3. The molecule has 2 unspecified atom stereocenters. The molecule has 4 heteroatoms. The fraction of sp³-hybridized carbons (Fsp3) is 0.500. The minimum Gasteiger partial charge on any atom is -0.366 e. The molecule has 1 heterocycles. The highest BCUT2D eigenvalue weighted by Gasteiger charge is 2.26. The van der Waals surface area contributed by atoms with E-state index in [9.17, 15) is 0 Å². The second-order valence-corrected chi connectivity index (χ2v) is 5.30. The van der Waals surface area contributed by atoms with Crippen LogP contribution in [-0.2, 0) is 0 Å². The third kappa shape index (κ3) is 2.60. The summed E-state index contributed by atoms with van der Waals surface area (Å²) >= 11 is 6.28. The third-order valence-corrected chi connectivity index (χ3v) is 3.85. The Morgan fingerprint density at radius 3 is 2.89 bits per heavy atom. The molecule has 1 aliphatic rings. The largest absolute Gasteiger partial charge is 0.366 e. The summed E-state index contributed by atoms with van der Waals surface area (Å²) in [6.45, 7) is 3.03. The van der Waals surface area contributed by atoms with Crippen molar-refractivity contribution >= 4 is 17.3 Å². The minimum absolute atomic E-state index is 0.122. The lowest BCUT2D eigenvalue weighted by molar-refractivity contribution is 0.413. The van der Waals surface area contributed by atoms with Crippen LogP contribution in [0.3, 0.4) is 0 Å². The van der Waals surface area contributed by atoms with Crippen LogP contribution in [0.4, 0.5) is 5.69 Å². The molecule has 3 nitrogen and oxygen atoms in total. The van der Waals surface area contributed by atoms with E-state index in [2.05, 4.69) is 11.0 Å². The highest BCUT2D eigenvalue weighted by molar-refractivity contribution is 6.33. The van der Waals surface area contributed by atoms with Gasteiger partial charge in [0.2, 0.25) is 0 Å². The molecule has 2 atom stereocenters. The summed E-state index contributed by atoms with van der Waals surface area (Å²) in [5.41, 5.74) is 7.66. The summed E-state index contributed by atoms with van der Waals surface area (Å²) in [7, 11) is 0. The van der Waals surface area contributed by atoms with E-state index in [0.717, 1.165) is 18.7 Å². The Morgan fingerprint density at radius 2 is 2.28 bits per heavy atom. The van der Waals surface area contributed by atoms with Crippen LogP contribution >= 0.6 is 11.6 Å². The molecule has 0 saturated carbocycles. The molecule has 1 aromatic carbocycles. The van der Waals surface area contributed by atoms with Gasteiger partial charge in [-0.3, -0.25) is 0 Å². The van der Waals surface area contributed by atoms with Crippen molar-refractivity contribution in [2.24, 2.45) is 5.73 Å². The summed E-state index contributed by atoms with van der Waals surface area (Å²) in [4.78, 5) is 2.29. The van der Waals surface area contributed by atoms with Gasteiger partial charge in [0.15, 0.2) is 0 Å². The van der Waals surface area contributed by atoms with E-state index in [-0.39, 0.29) is 6.04 Å². The Hall–Kier alpha value is -1.24. The fourth-order valence-corrected chi connectivity index (χ4v) is 2.90. The van der Waals surface area contributed by atoms with Gasteiger partial charge in [-0.25, -0.2) is 0 Å². The zero-order chi connectivity index (χ0) is 13.1. The Balaban J connectivity index is 2.31. The topological polar surface area (TPSA) is 53.0 Å². The van der Waals surface area contributed by atoms with Crippen LogP contribution in [0.25, 0.3) is 0 Å². The van der Waals surface area contributed by atoms with Gasteiger partial charge in [-0.2, -0.15) is 5.26 Å². The first kappa shape index (κ1) is 13.2. The van der Waals surface area contributed by atoms with Gasteiger partial charge < -0.3 is 10.6 Å². The van der Waals surface area contributed by atoms with E-state index in [1.165, 1.54) is 12.8 Å². The van der Waals surface area contributed by atoms with Crippen molar-refractivity contribution < 1.29 is 0 Å². The van der Waals surface area contributed by atoms with Gasteiger partial charge in [-0.05, 0) is 44.4 Å². The molecule has 1 aromatic rings. The predicted molar refractivity (Wildman–Crippen MR) is 74.8 cm³/mol. The maximum atomic E-state index is 8.86. The summed E-state index contributed by atoms with van der Waals surface area (Å²) in [5.74, 6) is 0. The Bertz CT molecular complexity index is 465. The predicted octanol–water partition coefficient (Wildman–Crippen LogP) is 2.92. The second kappa shape index (κ2) is 5.60. The first-order chi connectivity index (χ1) is 8.63. The molecule has 18 heavy (non-hydrogen) atoms. The number of halogens is 1. The van der Waals surface area contributed by atoms with Gasteiger partial charge in [0, 0.05) is 18.6 Å². The number of piperidine rings is 1. The molecule has 0 amide bonds. The van der Waals surface area contributed by atoms with Gasteiger partial charge >= 0.3 is 0 Å². The van der Waals surface area contributed by atoms with Crippen LogP contribution in [0.15, 0.2) is 18.2 Å². The van der Waals surface area contributed by atoms with Gasteiger partial charge in [0.05, 0.1) is 22.3 Å². The highest BCUT2D eigenvalue weighted by atomic mass is 35.5. The molecule has 2 N–H and O–H groups in total. The molecule has 1 aliphatic heterocycles. The molecule has 0 spiro atoms. The zero-order valence-electron chi connectivity index (χ0n) is 10.6. The molecule has 2 rings (SSSR count). The maximum absolute atomic E-state index is 8.86. The Kier molecular flexibility index (Phi) is 4.11. The van der Waals surface area contributed by atoms with Crippen LogP contribution in [-0.4, -0.2) is 18.6 Å². The highest BCUT2D eigenvalue weighted by Crippen LogP contribution is 2.32. The molecule has 0 aliphatic carbocycles. The normalized spacial score (nSPS) is 21.4. The summed E-state index contributed by atoms with van der Waals surface area (Å²) < 4.78 is 0. The number of anilines is 1. The lowest BCUT2D eigenvalue weighted by Gasteiger charge is -2.40. The number of hydrogen-bond acceptors (Lipinski definition) is 3. The van der Waals surface area contributed by atoms with Crippen LogP contribution in [0, 0.1) is 11.3 Å². The van der Waals surface area contributed by atoms with E-state index in [0.29, 0.717) is 16.6 Å². The Morgan fingerprint density at radius 1 is 1.50 bits per heavy atom. The molecule has 1 saturated heterocycles. The van der Waals surface area contributed by atoms with Crippen molar-refractivity contribution in [1.82, 2.24) is 0 Å². The van der Waals surface area contributed by atoms with Crippen molar-refractivity contribution in [2.75, 3.05) is 11.4 Å². The van der Waals surface area contributed by atoms with Crippen LogP contribution in [0.1, 0.15) is 31.7 Å². The number of nitrogens with two attached hydrogens (primary N) is 1. The van der Waals surface area contributed by atoms with E-state index in [4.69, 9.17) is 22.6 Å². The van der Waals surface area contributed by atoms with Gasteiger partial charge in [-0.1, -0.05) is 11.6 Å². The van der Waals surface area contributed by atoms with Crippen molar-refractivity contribution in [3.63, 3.8) is 0 Å². The maximum Gasteiger partial charge on any atom is 0.0992 e. The summed E-state index contributed by atoms with van der Waals surface area (Å²) in [6.07, 6.45) is 3.49. The monoisotopic (exact) mass is 263 g/mol. The van der Waals surface area contributed by atoms with E-state index in [1.54, 1.807) is 6.07 Å². The van der Waals surface area contributed by atoms with Gasteiger partial charge in [-0.15, -0.1) is 0 Å². The standard InChI is InChI=1S/C14H18ClN3/c1-10(17)13-4-2-3-7-18(13)14-6-5-11(9-16)8-12(14)15/h5-6,8,10,13H,2-4,7,17H2,1H3. The summed E-state index contributed by atoms with van der Waals surface area (Å²) in [5, 5.41) is 9.50. The van der Waals surface area contributed by atoms with Gasteiger partial charge in [0.1, 0.15) is 0 Å². The average molecular weight is 264 g/mol. The molecule has 0 bridgehead atoms. The number of hydrogen-bond donors (Lipinski definition) is 1. The number of benzene rings is 1. The second-order valence-electron chi connectivity index (χ2n) is 4.89. The first-order valence-electron chi connectivity index (χ1n) is 6.35. The lowest BCUT2D eigenvalue weighted by atomic mass is 9.96. The third-order valence-electron chi connectivity index (χ3n) is 3.54.